The van der Waals surface area contributed by atoms with Crippen LogP contribution in [0.15, 0.2) is 0 Å². The second-order valence-electron chi connectivity index (χ2n) is 9.71. The monoisotopic (exact) mass is 306 g/mol. The van der Waals surface area contributed by atoms with Gasteiger partial charge in [0.2, 0.25) is 0 Å². The molecule has 0 atom stereocenters. The number of hydrogen-bond acceptors (Lipinski definition) is 1. The van der Waals surface area contributed by atoms with Crippen LogP contribution in [0.1, 0.15) is 79.1 Å². The van der Waals surface area contributed by atoms with Crippen LogP contribution in [-0.4, -0.2) is 9.49 Å². The molecular weight excluding hydrogens is 272 g/mol. The number of thioether (sulfide) groups is 1. The zero-order valence-corrected chi connectivity index (χ0v) is 15.3. The molecule has 0 radical (unpaired) electrons. The summed E-state index contributed by atoms with van der Waals surface area (Å²) in [6.07, 6.45) is 12.2. The second kappa shape index (κ2) is 4.92. The topological polar surface area (TPSA) is 0 Å². The van der Waals surface area contributed by atoms with Gasteiger partial charge in [-0.05, 0) is 86.9 Å². The minimum Gasteiger partial charge on any atom is -0.149 e. The summed E-state index contributed by atoms with van der Waals surface area (Å²) in [5.74, 6) is 6.35. The lowest BCUT2D eigenvalue weighted by Gasteiger charge is -2.44. The molecule has 4 saturated carbocycles. The molecule has 4 aliphatic rings. The van der Waals surface area contributed by atoms with Crippen molar-refractivity contribution >= 4 is 11.8 Å². The van der Waals surface area contributed by atoms with Crippen LogP contribution < -0.4 is 0 Å². The molecule has 0 heterocycles. The average Bonchev–Trinajstić information content (AvgIpc) is 3.11. The summed E-state index contributed by atoms with van der Waals surface area (Å²) < 4.78 is 0.988. The Kier molecular flexibility index (Phi) is 3.49. The molecule has 4 rings (SSSR count). The Hall–Kier alpha value is 0.350. The summed E-state index contributed by atoms with van der Waals surface area (Å²) in [7, 11) is 0. The quantitative estimate of drug-likeness (QED) is 0.518. The van der Waals surface area contributed by atoms with Crippen LogP contribution in [0, 0.1) is 35.5 Å². The van der Waals surface area contributed by atoms with Crippen molar-refractivity contribution in [2.24, 2.45) is 35.5 Å². The smallest absolute Gasteiger partial charge is 0.0142 e. The average molecular weight is 307 g/mol. The van der Waals surface area contributed by atoms with Crippen molar-refractivity contribution in [3.63, 3.8) is 0 Å². The first-order chi connectivity index (χ1) is 9.88. The highest BCUT2D eigenvalue weighted by molar-refractivity contribution is 8.01. The lowest BCUT2D eigenvalue weighted by molar-refractivity contribution is 0.304. The van der Waals surface area contributed by atoms with Crippen LogP contribution in [0.25, 0.3) is 0 Å². The number of rotatable bonds is 8. The van der Waals surface area contributed by atoms with Crippen molar-refractivity contribution in [3.05, 3.63) is 0 Å². The van der Waals surface area contributed by atoms with Gasteiger partial charge in [-0.2, -0.15) is 0 Å². The van der Waals surface area contributed by atoms with E-state index >= 15 is 0 Å². The third-order valence-electron chi connectivity index (χ3n) is 6.65. The van der Waals surface area contributed by atoms with Gasteiger partial charge in [0.05, 0.1) is 0 Å². The van der Waals surface area contributed by atoms with E-state index in [9.17, 15) is 0 Å². The van der Waals surface area contributed by atoms with Crippen molar-refractivity contribution in [1.29, 1.82) is 0 Å². The molecule has 0 aromatic carbocycles. The molecule has 120 valence electrons. The molecule has 0 aromatic rings. The maximum atomic E-state index is 2.59. The maximum Gasteiger partial charge on any atom is 0.0142 e. The molecule has 4 aliphatic carbocycles. The highest BCUT2D eigenvalue weighted by atomic mass is 32.2. The summed E-state index contributed by atoms with van der Waals surface area (Å²) >= 11 is 2.39. The fourth-order valence-electron chi connectivity index (χ4n) is 5.68. The fourth-order valence-corrected chi connectivity index (χ4v) is 8.07. The first kappa shape index (κ1) is 14.9. The predicted octanol–water partition coefficient (Wildman–Crippen LogP) is 6.15. The molecule has 0 aliphatic heterocycles. The van der Waals surface area contributed by atoms with E-state index in [0.29, 0.717) is 9.49 Å². The van der Waals surface area contributed by atoms with Crippen LogP contribution in [0.2, 0.25) is 0 Å². The van der Waals surface area contributed by atoms with E-state index in [1.807, 2.05) is 0 Å². The molecule has 0 saturated heterocycles. The van der Waals surface area contributed by atoms with Crippen LogP contribution in [0.3, 0.4) is 0 Å². The standard InChI is InChI=1S/C20H34S/c1-19(2,17(13-5-6-13)14-7-8-14)21-20(3,4)18(15-9-10-15)16-11-12-16/h13-18H,5-12H2,1-4H3. The predicted molar refractivity (Wildman–Crippen MR) is 93.6 cm³/mol. The number of hydrogen-bond donors (Lipinski definition) is 0. The van der Waals surface area contributed by atoms with E-state index in [-0.39, 0.29) is 0 Å². The van der Waals surface area contributed by atoms with E-state index in [2.05, 4.69) is 39.5 Å². The first-order valence-electron chi connectivity index (χ1n) is 9.58. The highest BCUT2D eigenvalue weighted by Gasteiger charge is 2.54. The normalized spacial score (nSPS) is 27.7. The highest BCUT2D eigenvalue weighted by Crippen LogP contribution is 2.63. The van der Waals surface area contributed by atoms with Gasteiger partial charge in [-0.3, -0.25) is 0 Å². The van der Waals surface area contributed by atoms with Gasteiger partial charge in [-0.1, -0.05) is 27.7 Å². The Balaban J connectivity index is 1.49. The molecule has 4 fully saturated rings. The van der Waals surface area contributed by atoms with E-state index in [1.165, 1.54) is 51.4 Å². The summed E-state index contributed by atoms with van der Waals surface area (Å²) in [5, 5.41) is 0. The van der Waals surface area contributed by atoms with Crippen molar-refractivity contribution in [1.82, 2.24) is 0 Å². The van der Waals surface area contributed by atoms with E-state index < -0.39 is 0 Å². The van der Waals surface area contributed by atoms with Crippen molar-refractivity contribution < 1.29 is 0 Å². The Morgan fingerprint density at radius 1 is 0.571 bits per heavy atom. The van der Waals surface area contributed by atoms with Gasteiger partial charge >= 0.3 is 0 Å². The lowest BCUT2D eigenvalue weighted by Crippen LogP contribution is -2.40. The van der Waals surface area contributed by atoms with Crippen molar-refractivity contribution in [3.8, 4) is 0 Å². The summed E-state index contributed by atoms with van der Waals surface area (Å²) in [6.45, 7) is 10.4. The second-order valence-corrected chi connectivity index (χ2v) is 12.0. The van der Waals surface area contributed by atoms with E-state index in [1.54, 1.807) is 0 Å². The van der Waals surface area contributed by atoms with Crippen LogP contribution in [-0.2, 0) is 0 Å². The van der Waals surface area contributed by atoms with Crippen molar-refractivity contribution in [2.75, 3.05) is 0 Å². The minimum atomic E-state index is 0.494. The van der Waals surface area contributed by atoms with Crippen LogP contribution in [0.5, 0.6) is 0 Å². The van der Waals surface area contributed by atoms with Crippen LogP contribution in [0.4, 0.5) is 0 Å². The zero-order valence-electron chi connectivity index (χ0n) is 14.5. The Morgan fingerprint density at radius 3 is 1.00 bits per heavy atom. The first-order valence-corrected chi connectivity index (χ1v) is 10.4. The van der Waals surface area contributed by atoms with Gasteiger partial charge in [0, 0.05) is 9.49 Å². The maximum absolute atomic E-state index is 2.59. The van der Waals surface area contributed by atoms with Gasteiger partial charge in [-0.25, -0.2) is 0 Å². The third kappa shape index (κ3) is 3.19. The molecule has 0 aromatic heterocycles. The summed E-state index contributed by atoms with van der Waals surface area (Å²) in [6, 6.07) is 0. The van der Waals surface area contributed by atoms with Gasteiger partial charge in [0.1, 0.15) is 0 Å². The molecule has 0 spiro atoms. The molecule has 0 amide bonds. The fraction of sp³-hybridized carbons (Fsp3) is 1.00. The van der Waals surface area contributed by atoms with Gasteiger partial charge in [0.25, 0.3) is 0 Å². The third-order valence-corrected chi connectivity index (χ3v) is 8.25. The molecule has 1 heteroatoms. The summed E-state index contributed by atoms with van der Waals surface area (Å²) in [5.41, 5.74) is 0. The molecule has 21 heavy (non-hydrogen) atoms. The molecule has 0 nitrogen and oxygen atoms in total. The van der Waals surface area contributed by atoms with Gasteiger partial charge in [-0.15, -0.1) is 11.8 Å². The Labute approximate surface area is 136 Å². The van der Waals surface area contributed by atoms with Crippen LogP contribution >= 0.6 is 11.8 Å². The van der Waals surface area contributed by atoms with Gasteiger partial charge in [0.15, 0.2) is 0 Å². The van der Waals surface area contributed by atoms with Gasteiger partial charge < -0.3 is 0 Å². The SMILES string of the molecule is CC(C)(SC(C)(C)C(C1CC1)C1CC1)C(C1CC1)C1CC1. The van der Waals surface area contributed by atoms with E-state index in [0.717, 1.165) is 35.5 Å². The zero-order chi connectivity index (χ0) is 14.8. The summed E-state index contributed by atoms with van der Waals surface area (Å²) in [4.78, 5) is 0. The molecule has 0 N–H and O–H groups in total. The molecular formula is C20H34S. The lowest BCUT2D eigenvalue weighted by atomic mass is 9.84. The molecule has 0 unspecified atom stereocenters. The Morgan fingerprint density at radius 2 is 0.810 bits per heavy atom. The molecule has 0 bridgehead atoms. The Bertz CT molecular complexity index is 332. The van der Waals surface area contributed by atoms with Crippen molar-refractivity contribution in [2.45, 2.75) is 88.6 Å². The minimum absolute atomic E-state index is 0.494. The largest absolute Gasteiger partial charge is 0.149 e. The van der Waals surface area contributed by atoms with E-state index in [4.69, 9.17) is 0 Å².